The van der Waals surface area contributed by atoms with Gasteiger partial charge in [0.15, 0.2) is 0 Å². The zero-order valence-electron chi connectivity index (χ0n) is 9.56. The van der Waals surface area contributed by atoms with E-state index in [1.807, 2.05) is 19.4 Å². The van der Waals surface area contributed by atoms with Crippen molar-refractivity contribution in [1.82, 2.24) is 14.5 Å². The number of rotatable bonds is 2. The van der Waals surface area contributed by atoms with Crippen molar-refractivity contribution in [3.05, 3.63) is 18.2 Å². The highest BCUT2D eigenvalue weighted by atomic mass is 15.1. The first-order valence-electron chi connectivity index (χ1n) is 5.64. The van der Waals surface area contributed by atoms with Crippen LogP contribution in [0.15, 0.2) is 12.5 Å². The number of likely N-dealkylation sites (tertiary alicyclic amines) is 1. The second-order valence-corrected chi connectivity index (χ2v) is 4.55. The third-order valence-corrected chi connectivity index (χ3v) is 3.24. The average Bonchev–Trinajstić information content (AvgIpc) is 2.67. The number of imidazole rings is 1. The van der Waals surface area contributed by atoms with Crippen LogP contribution in [0.4, 0.5) is 0 Å². The Morgan fingerprint density at radius 3 is 2.73 bits per heavy atom. The molecule has 1 aromatic rings. The van der Waals surface area contributed by atoms with Crippen LogP contribution in [0.5, 0.6) is 0 Å². The summed E-state index contributed by atoms with van der Waals surface area (Å²) in [5.74, 6) is 0. The van der Waals surface area contributed by atoms with Gasteiger partial charge >= 0.3 is 0 Å². The van der Waals surface area contributed by atoms with Crippen molar-refractivity contribution < 1.29 is 0 Å². The van der Waals surface area contributed by atoms with E-state index >= 15 is 0 Å². The zero-order valence-corrected chi connectivity index (χ0v) is 9.56. The minimum Gasteiger partial charge on any atom is -0.330 e. The molecule has 2 rings (SSSR count). The molecule has 0 aromatic carbocycles. The molecule has 0 amide bonds. The summed E-state index contributed by atoms with van der Waals surface area (Å²) in [6, 6.07) is 0.664. The van der Waals surface area contributed by atoms with E-state index in [2.05, 4.69) is 21.5 Å². The summed E-state index contributed by atoms with van der Waals surface area (Å²) in [4.78, 5) is 6.58. The van der Waals surface area contributed by atoms with E-state index in [4.69, 9.17) is 5.73 Å². The van der Waals surface area contributed by atoms with Gasteiger partial charge < -0.3 is 15.2 Å². The summed E-state index contributed by atoms with van der Waals surface area (Å²) in [6.07, 6.45) is 6.22. The Hall–Kier alpha value is -0.870. The van der Waals surface area contributed by atoms with Gasteiger partial charge in [0.2, 0.25) is 0 Å². The van der Waals surface area contributed by atoms with Crippen LogP contribution in [0.25, 0.3) is 0 Å². The molecule has 15 heavy (non-hydrogen) atoms. The van der Waals surface area contributed by atoms with E-state index in [0.717, 1.165) is 5.69 Å². The van der Waals surface area contributed by atoms with Crippen LogP contribution >= 0.6 is 0 Å². The molecule has 4 nitrogen and oxygen atoms in total. The normalized spacial score (nSPS) is 21.8. The van der Waals surface area contributed by atoms with E-state index in [1.165, 1.54) is 25.9 Å². The van der Waals surface area contributed by atoms with Crippen LogP contribution in [-0.2, 0) is 0 Å². The molecule has 4 heteroatoms. The predicted octanol–water partition coefficient (Wildman–Crippen LogP) is 1.17. The molecule has 1 saturated heterocycles. The van der Waals surface area contributed by atoms with Crippen LogP contribution in [-0.4, -0.2) is 34.6 Å². The molecule has 0 bridgehead atoms. The average molecular weight is 208 g/mol. The highest BCUT2D eigenvalue weighted by molar-refractivity contribution is 5.05. The quantitative estimate of drug-likeness (QED) is 0.793. The molecular weight excluding hydrogens is 188 g/mol. The topological polar surface area (TPSA) is 47.1 Å². The van der Waals surface area contributed by atoms with E-state index in [1.54, 1.807) is 0 Å². The molecular formula is C11H20N4. The van der Waals surface area contributed by atoms with Crippen molar-refractivity contribution >= 4 is 0 Å². The number of piperidine rings is 1. The first-order valence-corrected chi connectivity index (χ1v) is 5.64. The summed E-state index contributed by atoms with van der Waals surface area (Å²) < 4.78 is 2.26. The highest BCUT2D eigenvalue weighted by Crippen LogP contribution is 2.24. The lowest BCUT2D eigenvalue weighted by Crippen LogP contribution is -2.32. The lowest BCUT2D eigenvalue weighted by atomic mass is 10.0. The highest BCUT2D eigenvalue weighted by Gasteiger charge is 2.20. The van der Waals surface area contributed by atoms with Gasteiger partial charge in [-0.1, -0.05) is 0 Å². The molecule has 1 aromatic heterocycles. The summed E-state index contributed by atoms with van der Waals surface area (Å²) >= 11 is 0. The fourth-order valence-corrected chi connectivity index (χ4v) is 2.25. The summed E-state index contributed by atoms with van der Waals surface area (Å²) in [7, 11) is 2.18. The minimum absolute atomic E-state index is 0.0761. The molecule has 1 atom stereocenters. The van der Waals surface area contributed by atoms with Gasteiger partial charge in [-0.05, 0) is 39.9 Å². The fourth-order valence-electron chi connectivity index (χ4n) is 2.25. The van der Waals surface area contributed by atoms with Gasteiger partial charge in [0.25, 0.3) is 0 Å². The standard InChI is InChI=1S/C11H20N4/c1-9(12)11-7-13-8-15(11)10-3-5-14(2)6-4-10/h7-10H,3-6,12H2,1-2H3. The minimum atomic E-state index is 0.0761. The summed E-state index contributed by atoms with van der Waals surface area (Å²) in [5.41, 5.74) is 7.08. The van der Waals surface area contributed by atoms with Crippen molar-refractivity contribution in [1.29, 1.82) is 0 Å². The number of nitrogens with two attached hydrogens (primary N) is 1. The maximum Gasteiger partial charge on any atom is 0.0951 e. The largest absolute Gasteiger partial charge is 0.330 e. The molecule has 0 saturated carbocycles. The van der Waals surface area contributed by atoms with E-state index < -0.39 is 0 Å². The van der Waals surface area contributed by atoms with Crippen LogP contribution < -0.4 is 5.73 Å². The molecule has 1 aliphatic heterocycles. The van der Waals surface area contributed by atoms with Crippen molar-refractivity contribution in [3.8, 4) is 0 Å². The van der Waals surface area contributed by atoms with Crippen molar-refractivity contribution in [2.75, 3.05) is 20.1 Å². The lowest BCUT2D eigenvalue weighted by Gasteiger charge is -2.31. The third-order valence-electron chi connectivity index (χ3n) is 3.24. The summed E-state index contributed by atoms with van der Waals surface area (Å²) in [6.45, 7) is 4.35. The fraction of sp³-hybridized carbons (Fsp3) is 0.727. The molecule has 0 radical (unpaired) electrons. The number of nitrogens with zero attached hydrogens (tertiary/aromatic N) is 3. The monoisotopic (exact) mass is 208 g/mol. The molecule has 1 unspecified atom stereocenters. The third kappa shape index (κ3) is 2.21. The van der Waals surface area contributed by atoms with Gasteiger partial charge in [0.05, 0.1) is 12.0 Å². The first-order chi connectivity index (χ1) is 7.18. The van der Waals surface area contributed by atoms with Gasteiger partial charge in [-0.2, -0.15) is 0 Å². The van der Waals surface area contributed by atoms with Crippen molar-refractivity contribution in [3.63, 3.8) is 0 Å². The first kappa shape index (κ1) is 10.6. The van der Waals surface area contributed by atoms with Gasteiger partial charge in [-0.25, -0.2) is 4.98 Å². The van der Waals surface area contributed by atoms with Crippen LogP contribution in [0.1, 0.15) is 37.5 Å². The molecule has 1 fully saturated rings. The number of aromatic nitrogens is 2. The van der Waals surface area contributed by atoms with Gasteiger partial charge in [-0.15, -0.1) is 0 Å². The number of hydrogen-bond acceptors (Lipinski definition) is 3. The lowest BCUT2D eigenvalue weighted by molar-refractivity contribution is 0.218. The Kier molecular flexibility index (Phi) is 3.07. The molecule has 84 valence electrons. The zero-order chi connectivity index (χ0) is 10.8. The van der Waals surface area contributed by atoms with E-state index in [-0.39, 0.29) is 6.04 Å². The Morgan fingerprint density at radius 2 is 2.13 bits per heavy atom. The molecule has 0 aliphatic carbocycles. The Morgan fingerprint density at radius 1 is 1.47 bits per heavy atom. The number of hydrogen-bond donors (Lipinski definition) is 1. The predicted molar refractivity (Wildman–Crippen MR) is 60.6 cm³/mol. The Bertz CT molecular complexity index is 310. The van der Waals surface area contributed by atoms with E-state index in [0.29, 0.717) is 6.04 Å². The maximum absolute atomic E-state index is 5.92. The summed E-state index contributed by atoms with van der Waals surface area (Å²) in [5, 5.41) is 0. The van der Waals surface area contributed by atoms with Crippen LogP contribution in [0.3, 0.4) is 0 Å². The smallest absolute Gasteiger partial charge is 0.0951 e. The van der Waals surface area contributed by atoms with Crippen LogP contribution in [0, 0.1) is 0 Å². The Labute approximate surface area is 91.1 Å². The second-order valence-electron chi connectivity index (χ2n) is 4.55. The molecule has 1 aliphatic rings. The molecule has 0 spiro atoms. The molecule has 2 N–H and O–H groups in total. The maximum atomic E-state index is 5.92. The molecule has 2 heterocycles. The second kappa shape index (κ2) is 4.33. The SMILES string of the molecule is CC(N)c1cncn1C1CCN(C)CC1. The van der Waals surface area contributed by atoms with Crippen molar-refractivity contribution in [2.24, 2.45) is 5.73 Å². The van der Waals surface area contributed by atoms with E-state index in [9.17, 15) is 0 Å². The van der Waals surface area contributed by atoms with Crippen molar-refractivity contribution in [2.45, 2.75) is 31.8 Å². The van der Waals surface area contributed by atoms with Gasteiger partial charge in [0, 0.05) is 18.3 Å². The van der Waals surface area contributed by atoms with Gasteiger partial charge in [0.1, 0.15) is 0 Å². The van der Waals surface area contributed by atoms with Gasteiger partial charge in [-0.3, -0.25) is 0 Å². The Balaban J connectivity index is 2.12. The van der Waals surface area contributed by atoms with Crippen LogP contribution in [0.2, 0.25) is 0 Å².